The minimum atomic E-state index is -0.332. The van der Waals surface area contributed by atoms with Gasteiger partial charge in [-0.15, -0.1) is 0 Å². The van der Waals surface area contributed by atoms with Crippen molar-refractivity contribution in [2.45, 2.75) is 6.92 Å². The summed E-state index contributed by atoms with van der Waals surface area (Å²) in [6.45, 7) is 1.53. The van der Waals surface area contributed by atoms with E-state index < -0.39 is 0 Å². The third-order valence-corrected chi connectivity index (χ3v) is 6.52. The summed E-state index contributed by atoms with van der Waals surface area (Å²) < 4.78 is 2.05. The smallest absolute Gasteiger partial charge is 0.204 e. The summed E-state index contributed by atoms with van der Waals surface area (Å²) in [4.78, 5) is 25.9. The lowest BCUT2D eigenvalue weighted by atomic mass is 10.1. The third-order valence-electron chi connectivity index (χ3n) is 4.18. The topological polar surface area (TPSA) is 34.1 Å². The van der Waals surface area contributed by atoms with Crippen LogP contribution in [0.3, 0.4) is 0 Å². The molecule has 0 bridgehead atoms. The largest absolute Gasteiger partial charge is 0.295 e. The van der Waals surface area contributed by atoms with Gasteiger partial charge >= 0.3 is 0 Å². The molecular formula is C21H15O2S+. The molecule has 1 heterocycles. The van der Waals surface area contributed by atoms with Crippen LogP contribution in [-0.2, 0) is 0 Å². The number of carbonyl (C=O) groups is 1. The van der Waals surface area contributed by atoms with Crippen LogP contribution >= 0.6 is 10.5 Å². The second kappa shape index (κ2) is 5.69. The van der Waals surface area contributed by atoms with E-state index in [-0.39, 0.29) is 21.7 Å². The fraction of sp³-hybridized carbons (Fsp3) is 0.0476. The van der Waals surface area contributed by atoms with Gasteiger partial charge in [-0.3, -0.25) is 9.59 Å². The number of rotatable bonds is 2. The van der Waals surface area contributed by atoms with E-state index in [1.165, 1.54) is 11.8 Å². The molecule has 4 aromatic rings. The van der Waals surface area contributed by atoms with Crippen LogP contribution in [-0.4, -0.2) is 5.78 Å². The summed E-state index contributed by atoms with van der Waals surface area (Å²) >= 11 is 0. The SMILES string of the molecule is CC(=O)c1ccc2c(c1)c(=O)c1ccccc1[s+]2-c1ccccc1. The molecule has 24 heavy (non-hydrogen) atoms. The van der Waals surface area contributed by atoms with Gasteiger partial charge in [0, 0.05) is 16.0 Å². The van der Waals surface area contributed by atoms with Crippen molar-refractivity contribution < 1.29 is 4.79 Å². The molecule has 1 unspecified atom stereocenters. The molecule has 1 atom stereocenters. The lowest BCUT2D eigenvalue weighted by Crippen LogP contribution is -2.04. The summed E-state index contributed by atoms with van der Waals surface area (Å²) in [5, 5.41) is 1.38. The van der Waals surface area contributed by atoms with E-state index in [4.69, 9.17) is 0 Å². The Hall–Kier alpha value is -2.78. The predicted octanol–water partition coefficient (Wildman–Crippen LogP) is 5.29. The highest BCUT2D eigenvalue weighted by molar-refractivity contribution is 7.49. The van der Waals surface area contributed by atoms with E-state index in [0.717, 1.165) is 14.8 Å². The van der Waals surface area contributed by atoms with E-state index in [1.54, 1.807) is 6.07 Å². The lowest BCUT2D eigenvalue weighted by molar-refractivity contribution is 0.101. The maximum Gasteiger partial charge on any atom is 0.204 e. The first kappa shape index (κ1) is 14.8. The standard InChI is InChI=1S/C21H15O2S/c1-14(22)15-11-12-20-18(13-15)21(23)17-9-5-6-10-19(17)24(20)16-7-3-2-4-8-16/h2-13H,1H3/q+1. The van der Waals surface area contributed by atoms with Crippen LogP contribution in [0, 0.1) is 0 Å². The summed E-state index contributed by atoms with van der Waals surface area (Å²) in [7, 11) is -0.332. The highest BCUT2D eigenvalue weighted by Crippen LogP contribution is 2.43. The van der Waals surface area contributed by atoms with Crippen molar-refractivity contribution in [1.29, 1.82) is 0 Å². The zero-order valence-electron chi connectivity index (χ0n) is 13.2. The van der Waals surface area contributed by atoms with E-state index in [0.29, 0.717) is 10.9 Å². The normalized spacial score (nSPS) is 11.8. The number of fused-ring (bicyclic) bond motifs is 2. The Kier molecular flexibility index (Phi) is 3.51. The Balaban J connectivity index is 2.25. The number of hydrogen-bond acceptors (Lipinski definition) is 2. The molecular weight excluding hydrogens is 316 g/mol. The van der Waals surface area contributed by atoms with Gasteiger partial charge in [-0.2, -0.15) is 0 Å². The Morgan fingerprint density at radius 2 is 1.46 bits per heavy atom. The van der Waals surface area contributed by atoms with Crippen molar-refractivity contribution in [1.82, 2.24) is 0 Å². The average Bonchev–Trinajstić information content (AvgIpc) is 2.62. The molecule has 0 spiro atoms. The first-order valence-electron chi connectivity index (χ1n) is 7.75. The second-order valence-corrected chi connectivity index (χ2v) is 7.68. The molecule has 0 aliphatic heterocycles. The van der Waals surface area contributed by atoms with E-state index in [2.05, 4.69) is 12.1 Å². The van der Waals surface area contributed by atoms with Gasteiger partial charge in [0.15, 0.2) is 20.1 Å². The Labute approximate surface area is 142 Å². The van der Waals surface area contributed by atoms with Gasteiger partial charge in [-0.25, -0.2) is 0 Å². The highest BCUT2D eigenvalue weighted by atomic mass is 32.2. The van der Waals surface area contributed by atoms with Crippen molar-refractivity contribution in [3.63, 3.8) is 0 Å². The second-order valence-electron chi connectivity index (χ2n) is 5.71. The van der Waals surface area contributed by atoms with Crippen molar-refractivity contribution >= 4 is 36.4 Å². The number of ketones is 1. The summed E-state index contributed by atoms with van der Waals surface area (Å²) in [5.74, 6) is -0.0240. The molecule has 1 aromatic heterocycles. The molecule has 0 amide bonds. The zero-order chi connectivity index (χ0) is 16.7. The van der Waals surface area contributed by atoms with E-state index >= 15 is 0 Å². The van der Waals surface area contributed by atoms with Crippen LogP contribution in [0.1, 0.15) is 17.3 Å². The van der Waals surface area contributed by atoms with Gasteiger partial charge < -0.3 is 0 Å². The molecule has 0 fully saturated rings. The van der Waals surface area contributed by atoms with Crippen LogP contribution in [0.15, 0.2) is 77.6 Å². The lowest BCUT2D eigenvalue weighted by Gasteiger charge is -2.04. The minimum Gasteiger partial charge on any atom is -0.295 e. The van der Waals surface area contributed by atoms with Crippen LogP contribution in [0.4, 0.5) is 0 Å². The molecule has 3 heteroatoms. The van der Waals surface area contributed by atoms with E-state index in [9.17, 15) is 9.59 Å². The first-order valence-corrected chi connectivity index (χ1v) is 8.97. The van der Waals surface area contributed by atoms with E-state index in [1.807, 2.05) is 54.6 Å². The summed E-state index contributed by atoms with van der Waals surface area (Å²) in [6.07, 6.45) is 0. The van der Waals surface area contributed by atoms with Crippen molar-refractivity contribution in [3.05, 3.63) is 88.6 Å². The molecule has 3 aromatic carbocycles. The Morgan fingerprint density at radius 1 is 0.792 bits per heavy atom. The average molecular weight is 331 g/mol. The Bertz CT molecular complexity index is 1140. The van der Waals surface area contributed by atoms with Gasteiger partial charge in [0.2, 0.25) is 5.43 Å². The molecule has 116 valence electrons. The molecule has 0 saturated heterocycles. The predicted molar refractivity (Wildman–Crippen MR) is 102 cm³/mol. The monoisotopic (exact) mass is 331 g/mol. The first-order chi connectivity index (χ1) is 11.7. The maximum atomic E-state index is 13.0. The number of Topliss-reactive ketones (excluding diaryl/α,β-unsaturated/α-hetero) is 1. The van der Waals surface area contributed by atoms with Crippen LogP contribution in [0.5, 0.6) is 0 Å². The van der Waals surface area contributed by atoms with Gasteiger partial charge in [0.25, 0.3) is 0 Å². The van der Waals surface area contributed by atoms with Crippen molar-refractivity contribution in [2.24, 2.45) is 0 Å². The number of benzene rings is 3. The summed E-state index contributed by atoms with van der Waals surface area (Å²) in [5.41, 5.74) is 0.585. The van der Waals surface area contributed by atoms with Crippen molar-refractivity contribution in [2.75, 3.05) is 0 Å². The van der Waals surface area contributed by atoms with Gasteiger partial charge in [-0.1, -0.05) is 30.3 Å². The highest BCUT2D eigenvalue weighted by Gasteiger charge is 2.22. The minimum absolute atomic E-state index is 0.00313. The van der Waals surface area contributed by atoms with Gasteiger partial charge in [-0.05, 0) is 49.4 Å². The van der Waals surface area contributed by atoms with Crippen molar-refractivity contribution in [3.8, 4) is 4.90 Å². The molecule has 0 aliphatic carbocycles. The molecule has 0 radical (unpaired) electrons. The zero-order valence-corrected chi connectivity index (χ0v) is 14.0. The Morgan fingerprint density at radius 3 is 2.21 bits per heavy atom. The molecule has 4 rings (SSSR count). The van der Waals surface area contributed by atoms with Gasteiger partial charge in [0.05, 0.1) is 10.8 Å². The molecule has 2 nitrogen and oxygen atoms in total. The number of hydrogen-bond donors (Lipinski definition) is 0. The van der Waals surface area contributed by atoms with Crippen LogP contribution < -0.4 is 5.43 Å². The fourth-order valence-corrected chi connectivity index (χ4v) is 5.36. The quantitative estimate of drug-likeness (QED) is 0.284. The van der Waals surface area contributed by atoms with Gasteiger partial charge in [0.1, 0.15) is 0 Å². The van der Waals surface area contributed by atoms with Crippen LogP contribution in [0.2, 0.25) is 0 Å². The maximum absolute atomic E-state index is 13.0. The number of carbonyl (C=O) groups excluding carboxylic acids is 1. The van der Waals surface area contributed by atoms with Crippen LogP contribution in [0.25, 0.3) is 25.1 Å². The third kappa shape index (κ3) is 2.25. The molecule has 0 N–H and O–H groups in total. The fourth-order valence-electron chi connectivity index (χ4n) is 3.01. The summed E-state index contributed by atoms with van der Waals surface area (Å²) in [6, 6.07) is 23.5. The molecule has 0 saturated carbocycles. The molecule has 0 aliphatic rings.